The van der Waals surface area contributed by atoms with E-state index in [1.165, 1.54) is 0 Å². The number of fused-ring (bicyclic) bond motifs is 5. The Labute approximate surface area is 297 Å². The first-order valence-electron chi connectivity index (χ1n) is 19.1. The second kappa shape index (κ2) is 15.8. The molecule has 49 heavy (non-hydrogen) atoms. The number of rotatable bonds is 8. The van der Waals surface area contributed by atoms with Gasteiger partial charge in [-0.05, 0) is 99.6 Å². The van der Waals surface area contributed by atoms with Gasteiger partial charge in [-0.2, -0.15) is 0 Å². The second-order valence-corrected chi connectivity index (χ2v) is 22.0. The van der Waals surface area contributed by atoms with Crippen LogP contribution in [0.4, 0.5) is 0 Å². The van der Waals surface area contributed by atoms with Crippen molar-refractivity contribution in [3.63, 3.8) is 0 Å². The average Bonchev–Trinajstić information content (AvgIpc) is 3.62. The molecule has 9 nitrogen and oxygen atoms in total. The van der Waals surface area contributed by atoms with Crippen molar-refractivity contribution in [2.45, 2.75) is 160 Å². The number of hydrogen-bond acceptors (Lipinski definition) is 9. The summed E-state index contributed by atoms with van der Waals surface area (Å²) in [4.78, 5) is 28.1. The van der Waals surface area contributed by atoms with Gasteiger partial charge in [0.15, 0.2) is 14.6 Å². The second-order valence-electron chi connectivity index (χ2n) is 17.3. The minimum atomic E-state index is -2.12. The molecule has 0 aromatic heterocycles. The summed E-state index contributed by atoms with van der Waals surface area (Å²) in [6, 6.07) is 0. The predicted molar refractivity (Wildman–Crippen MR) is 190 cm³/mol. The van der Waals surface area contributed by atoms with Crippen LogP contribution in [-0.2, 0) is 42.4 Å². The summed E-state index contributed by atoms with van der Waals surface area (Å²) in [7, 11) is 2.88. The third kappa shape index (κ3) is 8.10. The third-order valence-electron chi connectivity index (χ3n) is 13.4. The van der Waals surface area contributed by atoms with Crippen molar-refractivity contribution in [1.82, 2.24) is 0 Å². The van der Waals surface area contributed by atoms with Crippen molar-refractivity contribution in [3.05, 3.63) is 12.2 Å². The van der Waals surface area contributed by atoms with Gasteiger partial charge in [0.2, 0.25) is 0 Å². The van der Waals surface area contributed by atoms with Crippen molar-refractivity contribution >= 4 is 20.1 Å². The van der Waals surface area contributed by atoms with Crippen LogP contribution < -0.4 is 0 Å². The molecular weight excluding hydrogens is 641 g/mol. The molecule has 0 radical (unpaired) electrons. The molecule has 0 bridgehead atoms. The lowest BCUT2D eigenvalue weighted by molar-refractivity contribution is -0.314. The highest BCUT2D eigenvalue weighted by Gasteiger charge is 2.56. The highest BCUT2D eigenvalue weighted by molar-refractivity contribution is 6.74. The topological polar surface area (TPSA) is 98.8 Å². The maximum atomic E-state index is 14.7. The lowest BCUT2D eigenvalue weighted by atomic mass is 9.71. The number of hydrogen-bond donors (Lipinski definition) is 0. The molecule has 2 heterocycles. The van der Waals surface area contributed by atoms with Crippen molar-refractivity contribution < 1.29 is 42.4 Å². The summed E-state index contributed by atoms with van der Waals surface area (Å²) in [6.07, 6.45) is 8.82. The quantitative estimate of drug-likeness (QED) is 0.149. The van der Waals surface area contributed by atoms with Crippen LogP contribution >= 0.6 is 0 Å². The number of ether oxygens (including phenoxy) is 6. The largest absolute Gasteiger partial charge is 0.462 e. The monoisotopic (exact) mass is 706 g/mol. The van der Waals surface area contributed by atoms with E-state index in [4.69, 9.17) is 32.8 Å². The fourth-order valence-electron chi connectivity index (χ4n) is 9.63. The SMILES string of the molecule is CC[C@H]1CCC[C@H](O[Si](C)(C)C(C)(C)C)[C@@H](C)C(=O)C2C[C@@H]3[C@@H](C=C[C@@H]4C[C@H](O[C@@H]5O[C@@H](C)[C@H](OC)[C@@H](OC)[C@H]5OC)C[C@@H]34)[C@@H]2CC(=O)O1. The zero-order valence-electron chi connectivity index (χ0n) is 32.1. The maximum absolute atomic E-state index is 14.7. The molecule has 5 rings (SSSR count). The van der Waals surface area contributed by atoms with Gasteiger partial charge in [0.25, 0.3) is 0 Å². The molecule has 0 aromatic rings. The lowest BCUT2D eigenvalue weighted by Crippen LogP contribution is -2.59. The summed E-state index contributed by atoms with van der Waals surface area (Å²) in [5.74, 6) is 0.830. The summed E-state index contributed by atoms with van der Waals surface area (Å²) in [5, 5.41) is 0.0482. The molecular formula is C39H66O9Si. The summed E-state index contributed by atoms with van der Waals surface area (Å²) in [6.45, 7) is 17.5. The predicted octanol–water partition coefficient (Wildman–Crippen LogP) is 7.12. The van der Waals surface area contributed by atoms with E-state index in [2.05, 4.69) is 59.9 Å². The Balaban J connectivity index is 1.36. The van der Waals surface area contributed by atoms with Crippen LogP contribution in [0.5, 0.6) is 0 Å². The number of carbonyl (C=O) groups is 2. The van der Waals surface area contributed by atoms with Crippen molar-refractivity contribution in [3.8, 4) is 0 Å². The number of esters is 1. The fourth-order valence-corrected chi connectivity index (χ4v) is 11.1. The summed E-state index contributed by atoms with van der Waals surface area (Å²) < 4.78 is 43.5. The zero-order chi connectivity index (χ0) is 35.8. The normalized spacial score (nSPS) is 43.6. The maximum Gasteiger partial charge on any atom is 0.306 e. The molecule has 2 saturated carbocycles. The van der Waals surface area contributed by atoms with Crippen molar-refractivity contribution in [2.75, 3.05) is 21.3 Å². The standard InChI is InChI=1S/C39H66O9Si/c1-12-25-14-13-15-32(48-49(10,11)39(4,5)6)22(2)34(41)31-20-29-27(30(31)21-33(40)46-25)17-16-24-18-26(19-28(24)29)47-38-37(44-9)36(43-8)35(42-7)23(3)45-38/h16-17,22-32,35-38H,12-15,18-21H2,1-11H3/t22-,23+,24-,25+,26+,27-,28-,29-,30+,31?,32+,35+,36-,37-,38+/m1/s1. The van der Waals surface area contributed by atoms with Gasteiger partial charge in [-0.1, -0.05) is 46.8 Å². The smallest absolute Gasteiger partial charge is 0.306 e. The zero-order valence-corrected chi connectivity index (χ0v) is 33.1. The number of cyclic esters (lactones) is 1. The van der Waals surface area contributed by atoms with Gasteiger partial charge >= 0.3 is 5.97 Å². The molecule has 0 N–H and O–H groups in total. The Kier molecular flexibility index (Phi) is 12.6. The van der Waals surface area contributed by atoms with Crippen molar-refractivity contribution in [1.29, 1.82) is 0 Å². The van der Waals surface area contributed by atoms with Crippen LogP contribution in [0, 0.1) is 41.4 Å². The first-order valence-corrected chi connectivity index (χ1v) is 22.0. The minimum Gasteiger partial charge on any atom is -0.462 e. The molecule has 0 amide bonds. The summed E-state index contributed by atoms with van der Waals surface area (Å²) >= 11 is 0. The first-order chi connectivity index (χ1) is 23.1. The molecule has 1 unspecified atom stereocenters. The Morgan fingerprint density at radius 2 is 1.57 bits per heavy atom. The minimum absolute atomic E-state index is 0.0104. The van der Waals surface area contributed by atoms with Crippen LogP contribution in [-0.4, -0.2) is 90.4 Å². The molecule has 2 saturated heterocycles. The van der Waals surface area contributed by atoms with E-state index in [0.29, 0.717) is 24.2 Å². The van der Waals surface area contributed by atoms with E-state index in [9.17, 15) is 9.59 Å². The molecule has 2 aliphatic heterocycles. The van der Waals surface area contributed by atoms with E-state index >= 15 is 0 Å². The first kappa shape index (κ1) is 39.1. The highest BCUT2D eigenvalue weighted by Crippen LogP contribution is 2.57. The van der Waals surface area contributed by atoms with E-state index < -0.39 is 20.7 Å². The molecule has 5 aliphatic rings. The van der Waals surface area contributed by atoms with Crippen molar-refractivity contribution in [2.24, 2.45) is 41.4 Å². The van der Waals surface area contributed by atoms with Gasteiger partial charge in [0.1, 0.15) is 30.2 Å². The number of allylic oxidation sites excluding steroid dienone is 2. The molecule has 0 aromatic carbocycles. The van der Waals surface area contributed by atoms with Crippen LogP contribution in [0.25, 0.3) is 0 Å². The molecule has 10 heteroatoms. The van der Waals surface area contributed by atoms with Crippen LogP contribution in [0.1, 0.15) is 92.9 Å². The third-order valence-corrected chi connectivity index (χ3v) is 18.0. The molecule has 15 atom stereocenters. The Hall–Kier alpha value is -1.14. The lowest BCUT2D eigenvalue weighted by Gasteiger charge is -2.44. The van der Waals surface area contributed by atoms with Crippen LogP contribution in [0.3, 0.4) is 0 Å². The van der Waals surface area contributed by atoms with E-state index in [1.54, 1.807) is 21.3 Å². The van der Waals surface area contributed by atoms with E-state index in [1.807, 2.05) is 6.92 Å². The van der Waals surface area contributed by atoms with Gasteiger partial charge in [-0.3, -0.25) is 9.59 Å². The van der Waals surface area contributed by atoms with E-state index in [0.717, 1.165) is 44.9 Å². The molecule has 0 spiro atoms. The number of Topliss-reactive ketones (excluding diaryl/α,β-unsaturated/α-hetero) is 1. The fraction of sp³-hybridized carbons (Fsp3) is 0.897. The van der Waals surface area contributed by atoms with Gasteiger partial charge in [0, 0.05) is 39.6 Å². The number of ketones is 1. The summed E-state index contributed by atoms with van der Waals surface area (Å²) in [5.41, 5.74) is 0. The molecule has 4 fully saturated rings. The van der Waals surface area contributed by atoms with Gasteiger partial charge in [0.05, 0.1) is 18.3 Å². The highest BCUT2D eigenvalue weighted by atomic mass is 28.4. The van der Waals surface area contributed by atoms with Crippen LogP contribution in [0.15, 0.2) is 12.2 Å². The average molecular weight is 707 g/mol. The van der Waals surface area contributed by atoms with Gasteiger partial charge in [-0.15, -0.1) is 0 Å². The van der Waals surface area contributed by atoms with Gasteiger partial charge < -0.3 is 32.8 Å². The number of carbonyl (C=O) groups excluding carboxylic acids is 2. The molecule has 3 aliphatic carbocycles. The Morgan fingerprint density at radius 1 is 0.878 bits per heavy atom. The Morgan fingerprint density at radius 3 is 2.20 bits per heavy atom. The van der Waals surface area contributed by atoms with E-state index in [-0.39, 0.29) is 77.1 Å². The Bertz CT molecular complexity index is 1170. The van der Waals surface area contributed by atoms with Gasteiger partial charge in [-0.25, -0.2) is 0 Å². The molecule has 280 valence electrons. The van der Waals surface area contributed by atoms with Crippen LogP contribution in [0.2, 0.25) is 18.1 Å². The number of methoxy groups -OCH3 is 3.